The Morgan fingerprint density at radius 3 is 2.74 bits per heavy atom. The van der Waals surface area contributed by atoms with Crippen LogP contribution >= 0.6 is 0 Å². The summed E-state index contributed by atoms with van der Waals surface area (Å²) in [6.07, 6.45) is 7.67. The molecule has 2 aromatic rings. The van der Waals surface area contributed by atoms with Gasteiger partial charge in [0.1, 0.15) is 11.9 Å². The second-order valence-electron chi connectivity index (χ2n) is 5.25. The molecule has 0 spiro atoms. The first-order valence-electron chi connectivity index (χ1n) is 6.83. The highest BCUT2D eigenvalue weighted by molar-refractivity contribution is 5.37. The van der Waals surface area contributed by atoms with Crippen LogP contribution in [-0.2, 0) is 7.05 Å². The Balaban J connectivity index is 2.02. The number of hydrogen-bond acceptors (Lipinski definition) is 3. The van der Waals surface area contributed by atoms with Crippen LogP contribution in [0.15, 0.2) is 36.7 Å². The zero-order valence-electron chi connectivity index (χ0n) is 11.2. The van der Waals surface area contributed by atoms with Crippen LogP contribution in [0, 0.1) is 0 Å². The lowest BCUT2D eigenvalue weighted by molar-refractivity contribution is 0.413. The van der Waals surface area contributed by atoms with E-state index in [1.54, 1.807) is 0 Å². The van der Waals surface area contributed by atoms with Gasteiger partial charge in [-0.2, -0.15) is 0 Å². The Kier molecular flexibility index (Phi) is 3.36. The quantitative estimate of drug-likeness (QED) is 0.651. The van der Waals surface area contributed by atoms with Crippen LogP contribution in [0.1, 0.15) is 48.2 Å². The van der Waals surface area contributed by atoms with Crippen LogP contribution in [0.3, 0.4) is 0 Å². The number of nitrogens with one attached hydrogen (secondary N) is 1. The van der Waals surface area contributed by atoms with Gasteiger partial charge in [0.05, 0.1) is 0 Å². The summed E-state index contributed by atoms with van der Waals surface area (Å²) in [4.78, 5) is 4.43. The third-order valence-electron chi connectivity index (χ3n) is 4.14. The fraction of sp³-hybridized carbons (Fsp3) is 0.400. The molecule has 1 saturated carbocycles. The van der Waals surface area contributed by atoms with Gasteiger partial charge in [-0.3, -0.25) is 5.84 Å². The standard InChI is InChI=1S/C15H20N4/c1-19-10-9-17-15(19)14(18-16)13-8-3-2-7-12(13)11-5-4-6-11/h2-3,7-11,14,18H,4-6,16H2,1H3. The molecular formula is C15H20N4. The lowest BCUT2D eigenvalue weighted by Crippen LogP contribution is -2.32. The van der Waals surface area contributed by atoms with Crippen molar-refractivity contribution in [2.24, 2.45) is 12.9 Å². The molecule has 0 saturated heterocycles. The molecule has 4 nitrogen and oxygen atoms in total. The maximum absolute atomic E-state index is 5.79. The van der Waals surface area contributed by atoms with Gasteiger partial charge in [0, 0.05) is 19.4 Å². The summed E-state index contributed by atoms with van der Waals surface area (Å²) in [6.45, 7) is 0. The number of aromatic nitrogens is 2. The van der Waals surface area contributed by atoms with E-state index >= 15 is 0 Å². The van der Waals surface area contributed by atoms with Gasteiger partial charge < -0.3 is 4.57 Å². The van der Waals surface area contributed by atoms with E-state index in [1.165, 1.54) is 30.4 Å². The number of nitrogens with zero attached hydrogens (tertiary/aromatic N) is 2. The zero-order valence-corrected chi connectivity index (χ0v) is 11.2. The molecule has 1 aliphatic carbocycles. The highest BCUT2D eigenvalue weighted by atomic mass is 15.3. The number of rotatable bonds is 4. The summed E-state index contributed by atoms with van der Waals surface area (Å²) in [7, 11) is 2.00. The first-order chi connectivity index (χ1) is 9.31. The largest absolute Gasteiger partial charge is 0.336 e. The average molecular weight is 256 g/mol. The predicted octanol–water partition coefficient (Wildman–Crippen LogP) is 2.24. The summed E-state index contributed by atoms with van der Waals surface area (Å²) in [5.41, 5.74) is 5.59. The first kappa shape index (κ1) is 12.4. The lowest BCUT2D eigenvalue weighted by atomic mass is 9.77. The molecule has 1 unspecified atom stereocenters. The molecule has 0 amide bonds. The highest BCUT2D eigenvalue weighted by Gasteiger charge is 2.26. The van der Waals surface area contributed by atoms with Crippen molar-refractivity contribution in [3.63, 3.8) is 0 Å². The van der Waals surface area contributed by atoms with Crippen molar-refractivity contribution >= 4 is 0 Å². The lowest BCUT2D eigenvalue weighted by Gasteiger charge is -2.30. The first-order valence-corrected chi connectivity index (χ1v) is 6.83. The third kappa shape index (κ3) is 2.17. The summed E-state index contributed by atoms with van der Waals surface area (Å²) >= 11 is 0. The van der Waals surface area contributed by atoms with Crippen LogP contribution in [0.4, 0.5) is 0 Å². The van der Waals surface area contributed by atoms with Gasteiger partial charge in [0.2, 0.25) is 0 Å². The van der Waals surface area contributed by atoms with Gasteiger partial charge in [-0.1, -0.05) is 30.7 Å². The zero-order chi connectivity index (χ0) is 13.2. The maximum atomic E-state index is 5.79. The van der Waals surface area contributed by atoms with Crippen molar-refractivity contribution in [3.8, 4) is 0 Å². The minimum Gasteiger partial charge on any atom is -0.336 e. The summed E-state index contributed by atoms with van der Waals surface area (Å²) in [5.74, 6) is 7.43. The second-order valence-corrected chi connectivity index (χ2v) is 5.25. The van der Waals surface area contributed by atoms with Crippen LogP contribution in [0.5, 0.6) is 0 Å². The number of imidazole rings is 1. The molecule has 1 aromatic carbocycles. The molecule has 0 aliphatic heterocycles. The minimum absolute atomic E-state index is 0.0446. The molecule has 4 heteroatoms. The fourth-order valence-electron chi connectivity index (χ4n) is 2.82. The van der Waals surface area contributed by atoms with Gasteiger partial charge >= 0.3 is 0 Å². The van der Waals surface area contributed by atoms with Crippen molar-refractivity contribution in [1.29, 1.82) is 0 Å². The van der Waals surface area contributed by atoms with Gasteiger partial charge in [-0.25, -0.2) is 10.4 Å². The van der Waals surface area contributed by atoms with Crippen molar-refractivity contribution in [2.45, 2.75) is 31.2 Å². The Hall–Kier alpha value is -1.65. The molecule has 1 heterocycles. The predicted molar refractivity (Wildman–Crippen MR) is 75.4 cm³/mol. The molecule has 19 heavy (non-hydrogen) atoms. The topological polar surface area (TPSA) is 55.9 Å². The smallest absolute Gasteiger partial charge is 0.131 e. The van der Waals surface area contributed by atoms with Crippen LogP contribution in [0.2, 0.25) is 0 Å². The molecule has 0 bridgehead atoms. The number of hydrazine groups is 1. The van der Waals surface area contributed by atoms with Crippen molar-refractivity contribution < 1.29 is 0 Å². The number of nitrogens with two attached hydrogens (primary N) is 1. The Bertz CT molecular complexity index is 557. The van der Waals surface area contributed by atoms with E-state index in [-0.39, 0.29) is 6.04 Å². The molecule has 3 rings (SSSR count). The number of benzene rings is 1. The van der Waals surface area contributed by atoms with Crippen LogP contribution < -0.4 is 11.3 Å². The average Bonchev–Trinajstić information content (AvgIpc) is 2.77. The molecule has 1 atom stereocenters. The Labute approximate surface area is 113 Å². The van der Waals surface area contributed by atoms with Crippen LogP contribution in [0.25, 0.3) is 0 Å². The molecule has 3 N–H and O–H groups in total. The van der Waals surface area contributed by atoms with E-state index in [0.717, 1.165) is 5.82 Å². The molecule has 1 fully saturated rings. The van der Waals surface area contributed by atoms with E-state index in [2.05, 4.69) is 34.7 Å². The second kappa shape index (κ2) is 5.15. The van der Waals surface area contributed by atoms with E-state index in [4.69, 9.17) is 5.84 Å². The molecular weight excluding hydrogens is 236 g/mol. The molecule has 1 aliphatic rings. The summed E-state index contributed by atoms with van der Waals surface area (Å²) in [5, 5.41) is 0. The number of aryl methyl sites for hydroxylation is 1. The van der Waals surface area contributed by atoms with Gasteiger partial charge in [-0.05, 0) is 29.9 Å². The Morgan fingerprint density at radius 2 is 2.16 bits per heavy atom. The molecule has 100 valence electrons. The maximum Gasteiger partial charge on any atom is 0.131 e. The van der Waals surface area contributed by atoms with E-state index < -0.39 is 0 Å². The van der Waals surface area contributed by atoms with Crippen LogP contribution in [-0.4, -0.2) is 9.55 Å². The third-order valence-corrected chi connectivity index (χ3v) is 4.14. The fourth-order valence-corrected chi connectivity index (χ4v) is 2.82. The normalized spacial score (nSPS) is 17.2. The van der Waals surface area contributed by atoms with E-state index in [1.807, 2.05) is 24.0 Å². The van der Waals surface area contributed by atoms with E-state index in [9.17, 15) is 0 Å². The van der Waals surface area contributed by atoms with Crippen molar-refractivity contribution in [1.82, 2.24) is 15.0 Å². The summed E-state index contributed by atoms with van der Waals surface area (Å²) in [6, 6.07) is 8.53. The Morgan fingerprint density at radius 1 is 1.37 bits per heavy atom. The molecule has 1 aromatic heterocycles. The van der Waals surface area contributed by atoms with E-state index in [0.29, 0.717) is 5.92 Å². The van der Waals surface area contributed by atoms with Crippen molar-refractivity contribution in [3.05, 3.63) is 53.6 Å². The minimum atomic E-state index is -0.0446. The van der Waals surface area contributed by atoms with Crippen molar-refractivity contribution in [2.75, 3.05) is 0 Å². The monoisotopic (exact) mass is 256 g/mol. The van der Waals surface area contributed by atoms with Gasteiger partial charge in [0.25, 0.3) is 0 Å². The van der Waals surface area contributed by atoms with Gasteiger partial charge in [0.15, 0.2) is 0 Å². The SMILES string of the molecule is Cn1ccnc1C(NN)c1ccccc1C1CCC1. The number of hydrogen-bond donors (Lipinski definition) is 2. The summed E-state index contributed by atoms with van der Waals surface area (Å²) < 4.78 is 2.02. The van der Waals surface area contributed by atoms with Gasteiger partial charge in [-0.15, -0.1) is 0 Å². The highest BCUT2D eigenvalue weighted by Crippen LogP contribution is 2.40. The molecule has 0 radical (unpaired) electrons.